The van der Waals surface area contributed by atoms with Crippen molar-refractivity contribution in [3.8, 4) is 11.5 Å². The van der Waals surface area contributed by atoms with Crippen molar-refractivity contribution in [2.75, 3.05) is 13.7 Å². The summed E-state index contributed by atoms with van der Waals surface area (Å²) in [5.74, 6) is 2.43. The maximum atomic E-state index is 5.73. The maximum Gasteiger partial charge on any atom is 0.161 e. The SMILES string of the molecule is COc1cc(CNCCCCC(C)C)ccc1OC(C)C. The van der Waals surface area contributed by atoms with Gasteiger partial charge in [-0.1, -0.05) is 32.8 Å². The molecule has 0 bridgehead atoms. The average molecular weight is 293 g/mol. The van der Waals surface area contributed by atoms with E-state index in [4.69, 9.17) is 9.47 Å². The van der Waals surface area contributed by atoms with Gasteiger partial charge in [-0.15, -0.1) is 0 Å². The number of nitrogens with one attached hydrogen (secondary N) is 1. The first-order valence-corrected chi connectivity index (χ1v) is 8.07. The van der Waals surface area contributed by atoms with Crippen LogP contribution >= 0.6 is 0 Å². The summed E-state index contributed by atoms with van der Waals surface area (Å²) in [5, 5.41) is 3.49. The van der Waals surface area contributed by atoms with Crippen LogP contribution in [-0.2, 0) is 6.54 Å². The van der Waals surface area contributed by atoms with E-state index in [-0.39, 0.29) is 6.10 Å². The Morgan fingerprint density at radius 3 is 2.43 bits per heavy atom. The second-order valence-electron chi connectivity index (χ2n) is 6.22. The molecule has 0 aliphatic carbocycles. The van der Waals surface area contributed by atoms with E-state index in [2.05, 4.69) is 31.3 Å². The summed E-state index contributed by atoms with van der Waals surface area (Å²) in [6, 6.07) is 6.15. The molecule has 1 N–H and O–H groups in total. The van der Waals surface area contributed by atoms with Gasteiger partial charge in [0.25, 0.3) is 0 Å². The quantitative estimate of drug-likeness (QED) is 0.649. The van der Waals surface area contributed by atoms with E-state index >= 15 is 0 Å². The van der Waals surface area contributed by atoms with Crippen molar-refractivity contribution in [3.05, 3.63) is 23.8 Å². The standard InChI is InChI=1S/C18H31NO2/c1-14(2)8-6-7-11-19-13-16-9-10-17(21-15(3)4)18(12-16)20-5/h9-10,12,14-15,19H,6-8,11,13H2,1-5H3. The largest absolute Gasteiger partial charge is 0.493 e. The van der Waals surface area contributed by atoms with Gasteiger partial charge in [-0.2, -0.15) is 0 Å². The summed E-state index contributed by atoms with van der Waals surface area (Å²) in [6.07, 6.45) is 4.01. The van der Waals surface area contributed by atoms with Crippen molar-refractivity contribution in [2.45, 2.75) is 59.6 Å². The normalized spacial score (nSPS) is 11.2. The van der Waals surface area contributed by atoms with Gasteiger partial charge in [0.15, 0.2) is 11.5 Å². The Bertz CT molecular complexity index is 402. The molecular formula is C18H31NO2. The van der Waals surface area contributed by atoms with Crippen molar-refractivity contribution < 1.29 is 9.47 Å². The summed E-state index contributed by atoms with van der Waals surface area (Å²) < 4.78 is 11.1. The Labute approximate surface area is 130 Å². The highest BCUT2D eigenvalue weighted by Gasteiger charge is 2.07. The predicted octanol–water partition coefficient (Wildman–Crippen LogP) is 4.40. The fraction of sp³-hybridized carbons (Fsp3) is 0.667. The fourth-order valence-corrected chi connectivity index (χ4v) is 2.21. The molecule has 0 heterocycles. The third-order valence-electron chi connectivity index (χ3n) is 3.30. The van der Waals surface area contributed by atoms with Crippen LogP contribution in [0.2, 0.25) is 0 Å². The minimum Gasteiger partial charge on any atom is -0.493 e. The van der Waals surface area contributed by atoms with Gasteiger partial charge in [-0.25, -0.2) is 0 Å². The number of rotatable bonds is 10. The molecule has 1 aromatic carbocycles. The van der Waals surface area contributed by atoms with Gasteiger partial charge in [0.05, 0.1) is 13.2 Å². The second kappa shape index (κ2) is 9.67. The zero-order valence-corrected chi connectivity index (χ0v) is 14.2. The minimum atomic E-state index is 0.156. The van der Waals surface area contributed by atoms with Crippen molar-refractivity contribution in [1.29, 1.82) is 0 Å². The molecule has 3 nitrogen and oxygen atoms in total. The molecule has 21 heavy (non-hydrogen) atoms. The summed E-state index contributed by atoms with van der Waals surface area (Å²) in [7, 11) is 1.69. The molecule has 0 unspecified atom stereocenters. The molecule has 0 aliphatic rings. The zero-order valence-electron chi connectivity index (χ0n) is 14.2. The first-order valence-electron chi connectivity index (χ1n) is 8.07. The fourth-order valence-electron chi connectivity index (χ4n) is 2.21. The van der Waals surface area contributed by atoms with Crippen LogP contribution in [0.5, 0.6) is 11.5 Å². The first-order chi connectivity index (χ1) is 10.0. The van der Waals surface area contributed by atoms with E-state index in [1.165, 1.54) is 24.8 Å². The lowest BCUT2D eigenvalue weighted by Gasteiger charge is -2.14. The molecule has 0 saturated carbocycles. The maximum absolute atomic E-state index is 5.73. The molecule has 0 atom stereocenters. The molecule has 0 saturated heterocycles. The highest BCUT2D eigenvalue weighted by atomic mass is 16.5. The third-order valence-corrected chi connectivity index (χ3v) is 3.30. The Balaban J connectivity index is 2.38. The lowest BCUT2D eigenvalue weighted by atomic mass is 10.1. The van der Waals surface area contributed by atoms with E-state index < -0.39 is 0 Å². The molecule has 0 spiro atoms. The van der Waals surface area contributed by atoms with Gasteiger partial charge in [0.1, 0.15) is 0 Å². The monoisotopic (exact) mass is 293 g/mol. The molecule has 0 radical (unpaired) electrons. The number of hydrogen-bond donors (Lipinski definition) is 1. The highest BCUT2D eigenvalue weighted by molar-refractivity contribution is 5.43. The van der Waals surface area contributed by atoms with Crippen LogP contribution in [0.1, 0.15) is 52.5 Å². The van der Waals surface area contributed by atoms with Gasteiger partial charge >= 0.3 is 0 Å². The van der Waals surface area contributed by atoms with E-state index in [9.17, 15) is 0 Å². The molecule has 0 aliphatic heterocycles. The van der Waals surface area contributed by atoms with Gasteiger partial charge in [0, 0.05) is 6.54 Å². The van der Waals surface area contributed by atoms with Crippen molar-refractivity contribution in [1.82, 2.24) is 5.32 Å². The lowest BCUT2D eigenvalue weighted by molar-refractivity contribution is 0.230. The molecule has 0 aromatic heterocycles. The summed E-state index contributed by atoms with van der Waals surface area (Å²) in [6.45, 7) is 10.5. The predicted molar refractivity (Wildman–Crippen MR) is 89.2 cm³/mol. The Morgan fingerprint density at radius 1 is 1.05 bits per heavy atom. The molecular weight excluding hydrogens is 262 g/mol. The van der Waals surface area contributed by atoms with Crippen LogP contribution in [0.25, 0.3) is 0 Å². The van der Waals surface area contributed by atoms with E-state index in [1.54, 1.807) is 7.11 Å². The Kier molecular flexibility index (Phi) is 8.21. The van der Waals surface area contributed by atoms with Crippen molar-refractivity contribution in [2.24, 2.45) is 5.92 Å². The minimum absolute atomic E-state index is 0.156. The van der Waals surface area contributed by atoms with Gasteiger partial charge in [-0.3, -0.25) is 0 Å². The Morgan fingerprint density at radius 2 is 1.81 bits per heavy atom. The first kappa shape index (κ1) is 17.8. The number of benzene rings is 1. The molecule has 1 rings (SSSR count). The number of ether oxygens (including phenoxy) is 2. The smallest absolute Gasteiger partial charge is 0.161 e. The number of hydrogen-bond acceptors (Lipinski definition) is 3. The average Bonchev–Trinajstić information content (AvgIpc) is 2.43. The molecule has 0 amide bonds. The molecule has 0 fully saturated rings. The molecule has 120 valence electrons. The van der Waals surface area contributed by atoms with Crippen LogP contribution in [0.3, 0.4) is 0 Å². The summed E-state index contributed by atoms with van der Waals surface area (Å²) >= 11 is 0. The third kappa shape index (κ3) is 7.37. The second-order valence-corrected chi connectivity index (χ2v) is 6.22. The van der Waals surface area contributed by atoms with E-state index in [0.29, 0.717) is 0 Å². The van der Waals surface area contributed by atoms with Crippen molar-refractivity contribution in [3.63, 3.8) is 0 Å². The zero-order chi connectivity index (χ0) is 15.7. The number of unbranched alkanes of at least 4 members (excludes halogenated alkanes) is 1. The van der Waals surface area contributed by atoms with Gasteiger partial charge in [0.2, 0.25) is 0 Å². The van der Waals surface area contributed by atoms with Gasteiger partial charge < -0.3 is 14.8 Å². The van der Waals surface area contributed by atoms with Gasteiger partial charge in [-0.05, 0) is 50.4 Å². The summed E-state index contributed by atoms with van der Waals surface area (Å²) in [5.41, 5.74) is 1.23. The van der Waals surface area contributed by atoms with Crippen LogP contribution in [0, 0.1) is 5.92 Å². The van der Waals surface area contributed by atoms with Crippen LogP contribution < -0.4 is 14.8 Å². The van der Waals surface area contributed by atoms with E-state index in [1.807, 2.05) is 19.9 Å². The molecule has 1 aromatic rings. The number of methoxy groups -OCH3 is 1. The van der Waals surface area contributed by atoms with Crippen LogP contribution in [-0.4, -0.2) is 19.8 Å². The summed E-state index contributed by atoms with van der Waals surface area (Å²) in [4.78, 5) is 0. The molecule has 3 heteroatoms. The van der Waals surface area contributed by atoms with Crippen LogP contribution in [0.15, 0.2) is 18.2 Å². The topological polar surface area (TPSA) is 30.5 Å². The Hall–Kier alpha value is -1.22. The highest BCUT2D eigenvalue weighted by Crippen LogP contribution is 2.28. The van der Waals surface area contributed by atoms with Crippen LogP contribution in [0.4, 0.5) is 0 Å². The van der Waals surface area contributed by atoms with E-state index in [0.717, 1.165) is 30.5 Å². The van der Waals surface area contributed by atoms with Crippen molar-refractivity contribution >= 4 is 0 Å². The lowest BCUT2D eigenvalue weighted by Crippen LogP contribution is -2.15.